The lowest BCUT2D eigenvalue weighted by molar-refractivity contribution is 0.834. The highest BCUT2D eigenvalue weighted by molar-refractivity contribution is 5.54. The van der Waals surface area contributed by atoms with Crippen molar-refractivity contribution >= 4 is 11.7 Å². The van der Waals surface area contributed by atoms with Gasteiger partial charge < -0.3 is 4.40 Å². The normalized spacial score (nSPS) is 11.1. The number of hydrogen-bond acceptors (Lipinski definition) is 1. The first-order valence-electron chi connectivity index (χ1n) is 4.82. The zero-order chi connectivity index (χ0) is 10.1. The van der Waals surface area contributed by atoms with Crippen molar-refractivity contribution in [2.45, 2.75) is 19.8 Å². The van der Waals surface area contributed by atoms with E-state index in [1.807, 2.05) is 28.8 Å². The van der Waals surface area contributed by atoms with E-state index in [-0.39, 0.29) is 0 Å². The molecule has 0 spiro atoms. The highest BCUT2D eigenvalue weighted by Crippen LogP contribution is 2.15. The van der Waals surface area contributed by atoms with Crippen LogP contribution < -0.4 is 0 Å². The second kappa shape index (κ2) is 3.29. The zero-order valence-corrected chi connectivity index (χ0v) is 8.57. The second-order valence-corrected chi connectivity index (χ2v) is 3.75. The summed E-state index contributed by atoms with van der Waals surface area (Å²) in [5.74, 6) is 0.474. The summed E-state index contributed by atoms with van der Waals surface area (Å²) in [6.45, 7) is 8.04. The number of aromatic nitrogens is 2. The number of pyridine rings is 1. The van der Waals surface area contributed by atoms with Gasteiger partial charge in [-0.2, -0.15) is 0 Å². The van der Waals surface area contributed by atoms with E-state index in [1.54, 1.807) is 0 Å². The molecule has 2 heteroatoms. The molecule has 0 atom stereocenters. The molecular weight excluding hydrogens is 172 g/mol. The molecule has 2 rings (SSSR count). The number of nitrogens with zero attached hydrogens (tertiary/aromatic N) is 2. The Labute approximate surface area is 83.9 Å². The van der Waals surface area contributed by atoms with Crippen molar-refractivity contribution in [3.8, 4) is 0 Å². The molecule has 0 fully saturated rings. The average Bonchev–Trinajstić information content (AvgIpc) is 2.59. The molecule has 0 aliphatic heterocycles. The standard InChI is InChI=1S/C12H14N2/c1-4-10-5-6-14-8-11(9(2)3)13-12(14)7-10/h4-9H,1H2,2-3H3. The van der Waals surface area contributed by atoms with Gasteiger partial charge in [0.05, 0.1) is 5.69 Å². The van der Waals surface area contributed by atoms with Crippen LogP contribution in [0.1, 0.15) is 31.0 Å². The third-order valence-corrected chi connectivity index (χ3v) is 2.33. The van der Waals surface area contributed by atoms with E-state index in [0.717, 1.165) is 16.9 Å². The average molecular weight is 186 g/mol. The molecule has 0 amide bonds. The van der Waals surface area contributed by atoms with Crippen LogP contribution in [0.15, 0.2) is 31.1 Å². The van der Waals surface area contributed by atoms with Crippen LogP contribution in [-0.2, 0) is 0 Å². The van der Waals surface area contributed by atoms with Crippen LogP contribution in [0.25, 0.3) is 11.7 Å². The summed E-state index contributed by atoms with van der Waals surface area (Å²) < 4.78 is 2.04. The van der Waals surface area contributed by atoms with Gasteiger partial charge in [-0.3, -0.25) is 0 Å². The maximum atomic E-state index is 4.54. The monoisotopic (exact) mass is 186 g/mol. The molecule has 0 aliphatic carbocycles. The Bertz CT molecular complexity index is 466. The molecule has 2 aromatic rings. The van der Waals surface area contributed by atoms with Gasteiger partial charge in [0.15, 0.2) is 0 Å². The summed E-state index contributed by atoms with van der Waals surface area (Å²) >= 11 is 0. The summed E-state index contributed by atoms with van der Waals surface area (Å²) in [4.78, 5) is 4.54. The van der Waals surface area contributed by atoms with E-state index in [4.69, 9.17) is 0 Å². The van der Waals surface area contributed by atoms with Gasteiger partial charge >= 0.3 is 0 Å². The number of imidazole rings is 1. The molecule has 72 valence electrons. The van der Waals surface area contributed by atoms with Crippen molar-refractivity contribution in [1.29, 1.82) is 0 Å². The molecule has 0 N–H and O–H groups in total. The Morgan fingerprint density at radius 1 is 1.50 bits per heavy atom. The van der Waals surface area contributed by atoms with Gasteiger partial charge in [-0.1, -0.05) is 26.5 Å². The predicted octanol–water partition coefficient (Wildman–Crippen LogP) is 3.10. The van der Waals surface area contributed by atoms with Crippen LogP contribution in [0.5, 0.6) is 0 Å². The molecule has 0 bridgehead atoms. The first-order valence-corrected chi connectivity index (χ1v) is 4.82. The lowest BCUT2D eigenvalue weighted by atomic mass is 10.2. The quantitative estimate of drug-likeness (QED) is 0.704. The van der Waals surface area contributed by atoms with E-state index in [2.05, 4.69) is 31.6 Å². The van der Waals surface area contributed by atoms with Crippen molar-refractivity contribution in [1.82, 2.24) is 9.38 Å². The third-order valence-electron chi connectivity index (χ3n) is 2.33. The smallest absolute Gasteiger partial charge is 0.137 e. The largest absolute Gasteiger partial charge is 0.307 e. The third kappa shape index (κ3) is 1.43. The van der Waals surface area contributed by atoms with E-state index in [9.17, 15) is 0 Å². The first kappa shape index (κ1) is 9.00. The predicted molar refractivity (Wildman–Crippen MR) is 59.4 cm³/mol. The molecule has 0 radical (unpaired) electrons. The minimum atomic E-state index is 0.474. The molecular formula is C12H14N2. The van der Waals surface area contributed by atoms with Gasteiger partial charge in [0.1, 0.15) is 5.65 Å². The fourth-order valence-corrected chi connectivity index (χ4v) is 1.42. The summed E-state index contributed by atoms with van der Waals surface area (Å²) in [6, 6.07) is 4.07. The summed E-state index contributed by atoms with van der Waals surface area (Å²) in [6.07, 6.45) is 5.93. The van der Waals surface area contributed by atoms with Crippen LogP contribution >= 0.6 is 0 Å². The number of hydrogen-bond donors (Lipinski definition) is 0. The van der Waals surface area contributed by atoms with Gasteiger partial charge in [-0.15, -0.1) is 0 Å². The van der Waals surface area contributed by atoms with Gasteiger partial charge in [0.25, 0.3) is 0 Å². The zero-order valence-electron chi connectivity index (χ0n) is 8.57. The van der Waals surface area contributed by atoms with Crippen molar-refractivity contribution < 1.29 is 0 Å². The topological polar surface area (TPSA) is 17.3 Å². The summed E-state index contributed by atoms with van der Waals surface area (Å²) in [7, 11) is 0. The molecule has 0 saturated heterocycles. The summed E-state index contributed by atoms with van der Waals surface area (Å²) in [5, 5.41) is 0. The number of rotatable bonds is 2. The Morgan fingerprint density at radius 2 is 2.29 bits per heavy atom. The van der Waals surface area contributed by atoms with Crippen molar-refractivity contribution in [2.24, 2.45) is 0 Å². The molecule has 2 nitrogen and oxygen atoms in total. The van der Waals surface area contributed by atoms with Crippen LogP contribution in [0.2, 0.25) is 0 Å². The minimum absolute atomic E-state index is 0.474. The van der Waals surface area contributed by atoms with Gasteiger partial charge in [-0.05, 0) is 23.6 Å². The Hall–Kier alpha value is -1.57. The molecule has 0 aliphatic rings. The maximum Gasteiger partial charge on any atom is 0.137 e. The molecule has 2 heterocycles. The first-order chi connectivity index (χ1) is 6.70. The SMILES string of the molecule is C=Cc1ccn2cc(C(C)C)nc2c1. The Balaban J connectivity index is 2.59. The van der Waals surface area contributed by atoms with E-state index < -0.39 is 0 Å². The van der Waals surface area contributed by atoms with Gasteiger partial charge in [0, 0.05) is 12.4 Å². The molecule has 0 saturated carbocycles. The fraction of sp³-hybridized carbons (Fsp3) is 0.250. The molecule has 0 aromatic carbocycles. The van der Waals surface area contributed by atoms with Crippen LogP contribution in [-0.4, -0.2) is 9.38 Å². The van der Waals surface area contributed by atoms with E-state index in [1.165, 1.54) is 0 Å². The summed E-state index contributed by atoms with van der Waals surface area (Å²) in [5.41, 5.74) is 3.23. The van der Waals surface area contributed by atoms with Gasteiger partial charge in [-0.25, -0.2) is 4.98 Å². The lowest BCUT2D eigenvalue weighted by Gasteiger charge is -1.94. The number of fused-ring (bicyclic) bond motifs is 1. The lowest BCUT2D eigenvalue weighted by Crippen LogP contribution is -1.84. The van der Waals surface area contributed by atoms with Gasteiger partial charge in [0.2, 0.25) is 0 Å². The van der Waals surface area contributed by atoms with Crippen molar-refractivity contribution in [2.75, 3.05) is 0 Å². The minimum Gasteiger partial charge on any atom is -0.307 e. The fourth-order valence-electron chi connectivity index (χ4n) is 1.42. The van der Waals surface area contributed by atoms with Crippen molar-refractivity contribution in [3.63, 3.8) is 0 Å². The van der Waals surface area contributed by atoms with Crippen LogP contribution in [0.4, 0.5) is 0 Å². The van der Waals surface area contributed by atoms with E-state index >= 15 is 0 Å². The van der Waals surface area contributed by atoms with Crippen molar-refractivity contribution in [3.05, 3.63) is 42.4 Å². The van der Waals surface area contributed by atoms with E-state index in [0.29, 0.717) is 5.92 Å². The Morgan fingerprint density at radius 3 is 2.93 bits per heavy atom. The van der Waals surface area contributed by atoms with Crippen LogP contribution in [0, 0.1) is 0 Å². The molecule has 14 heavy (non-hydrogen) atoms. The maximum absolute atomic E-state index is 4.54. The highest BCUT2D eigenvalue weighted by atomic mass is 15.0. The highest BCUT2D eigenvalue weighted by Gasteiger charge is 2.04. The van der Waals surface area contributed by atoms with Crippen LogP contribution in [0.3, 0.4) is 0 Å². The second-order valence-electron chi connectivity index (χ2n) is 3.75. The molecule has 0 unspecified atom stereocenters. The Kier molecular flexibility index (Phi) is 2.12. The molecule has 2 aromatic heterocycles.